The van der Waals surface area contributed by atoms with Crippen molar-refractivity contribution >= 4 is 13.4 Å². The summed E-state index contributed by atoms with van der Waals surface area (Å²) in [5.41, 5.74) is 0. The van der Waals surface area contributed by atoms with Crippen molar-refractivity contribution in [3.63, 3.8) is 0 Å². The molecule has 3 unspecified atom stereocenters. The fourth-order valence-electron chi connectivity index (χ4n) is 2.25. The highest BCUT2D eigenvalue weighted by Crippen LogP contribution is 2.53. The van der Waals surface area contributed by atoms with Gasteiger partial charge in [0.15, 0.2) is 0 Å². The first-order chi connectivity index (χ1) is 8.73. The summed E-state index contributed by atoms with van der Waals surface area (Å²) in [6.07, 6.45) is 2.50. The number of carbonyl (C=O) groups is 1. The summed E-state index contributed by atoms with van der Waals surface area (Å²) in [7, 11) is -2.84. The van der Waals surface area contributed by atoms with Crippen LogP contribution in [0.15, 0.2) is 0 Å². The summed E-state index contributed by atoms with van der Waals surface area (Å²) in [5, 5.41) is 0. The number of ketones is 1. The van der Waals surface area contributed by atoms with Crippen LogP contribution in [0.2, 0.25) is 0 Å². The third-order valence-electron chi connectivity index (χ3n) is 3.90. The standard InChI is InChI=1S/C7H11O4P.C7H16.H2O/c1-12(9)10-6-2-5(8)3-7(4-6)11-12;1-5-7(4)6(2)3;/h6-7H,2-4H2,1H3;6-7H,5H2,1-4H3;1H2. The van der Waals surface area contributed by atoms with Crippen molar-refractivity contribution < 1.29 is 23.9 Å². The Kier molecular flexibility index (Phi) is 8.19. The lowest BCUT2D eigenvalue weighted by atomic mass is 9.94. The van der Waals surface area contributed by atoms with E-state index < -0.39 is 7.60 Å². The van der Waals surface area contributed by atoms with Gasteiger partial charge in [-0.05, 0) is 11.8 Å². The zero-order valence-corrected chi connectivity index (χ0v) is 14.1. The van der Waals surface area contributed by atoms with Crippen molar-refractivity contribution in [2.24, 2.45) is 11.8 Å². The van der Waals surface area contributed by atoms with E-state index in [-0.39, 0.29) is 23.5 Å². The van der Waals surface area contributed by atoms with Crippen LogP contribution in [0.4, 0.5) is 0 Å². The van der Waals surface area contributed by atoms with E-state index in [4.69, 9.17) is 9.05 Å². The molecular weight excluding hydrogens is 279 g/mol. The zero-order valence-electron chi connectivity index (χ0n) is 13.2. The first kappa shape index (κ1) is 19.8. The molecule has 120 valence electrons. The number of Topliss-reactive ketones (excluding diaryl/α,β-unsaturated/α-hetero) is 1. The second kappa shape index (κ2) is 8.28. The highest BCUT2D eigenvalue weighted by Gasteiger charge is 2.40. The van der Waals surface area contributed by atoms with Gasteiger partial charge in [-0.15, -0.1) is 0 Å². The Hall–Kier alpha value is -0.220. The summed E-state index contributed by atoms with van der Waals surface area (Å²) in [5.74, 6) is 1.92. The summed E-state index contributed by atoms with van der Waals surface area (Å²) >= 11 is 0. The molecule has 0 radical (unpaired) electrons. The molecule has 3 atom stereocenters. The van der Waals surface area contributed by atoms with Crippen LogP contribution in [-0.4, -0.2) is 30.1 Å². The largest absolute Gasteiger partial charge is 0.412 e. The predicted octanol–water partition coefficient (Wildman–Crippen LogP) is 3.21. The molecule has 5 nitrogen and oxygen atoms in total. The topological polar surface area (TPSA) is 84.1 Å². The summed E-state index contributed by atoms with van der Waals surface area (Å²) in [6.45, 7) is 10.5. The molecule has 0 amide bonds. The lowest BCUT2D eigenvalue weighted by molar-refractivity contribution is -0.128. The number of fused-ring (bicyclic) bond motifs is 2. The molecule has 0 aromatic rings. The molecule has 2 fully saturated rings. The molecule has 1 aliphatic carbocycles. The lowest BCUT2D eigenvalue weighted by Gasteiger charge is -2.36. The van der Waals surface area contributed by atoms with Crippen molar-refractivity contribution in [1.82, 2.24) is 0 Å². The van der Waals surface area contributed by atoms with Crippen LogP contribution in [0.3, 0.4) is 0 Å². The van der Waals surface area contributed by atoms with Gasteiger partial charge < -0.3 is 14.5 Å². The third kappa shape index (κ3) is 6.49. The van der Waals surface area contributed by atoms with Crippen molar-refractivity contribution in [2.45, 2.75) is 65.6 Å². The van der Waals surface area contributed by atoms with E-state index in [0.29, 0.717) is 19.3 Å². The lowest BCUT2D eigenvalue weighted by Crippen LogP contribution is -2.36. The van der Waals surface area contributed by atoms with Crippen molar-refractivity contribution in [3.05, 3.63) is 0 Å². The van der Waals surface area contributed by atoms with Crippen molar-refractivity contribution in [2.75, 3.05) is 6.66 Å². The van der Waals surface area contributed by atoms with Crippen LogP contribution >= 0.6 is 7.60 Å². The van der Waals surface area contributed by atoms with Gasteiger partial charge in [-0.2, -0.15) is 0 Å². The quantitative estimate of drug-likeness (QED) is 0.733. The van der Waals surface area contributed by atoms with E-state index in [1.54, 1.807) is 0 Å². The molecule has 2 rings (SSSR count). The van der Waals surface area contributed by atoms with Gasteiger partial charge in [0.05, 0.1) is 12.2 Å². The van der Waals surface area contributed by atoms with Crippen molar-refractivity contribution in [1.29, 1.82) is 0 Å². The van der Waals surface area contributed by atoms with Crippen LogP contribution in [0.25, 0.3) is 0 Å². The van der Waals surface area contributed by atoms with E-state index in [9.17, 15) is 9.36 Å². The maximum atomic E-state index is 11.4. The van der Waals surface area contributed by atoms with Gasteiger partial charge in [0.1, 0.15) is 5.78 Å². The summed E-state index contributed by atoms with van der Waals surface area (Å²) in [4.78, 5) is 11.0. The highest BCUT2D eigenvalue weighted by atomic mass is 31.2. The average molecular weight is 308 g/mol. The fraction of sp³-hybridized carbons (Fsp3) is 0.929. The second-order valence-corrected chi connectivity index (χ2v) is 8.00. The highest BCUT2D eigenvalue weighted by molar-refractivity contribution is 7.53. The Morgan fingerprint density at radius 2 is 1.65 bits per heavy atom. The van der Waals surface area contributed by atoms with Gasteiger partial charge in [0.25, 0.3) is 0 Å². The van der Waals surface area contributed by atoms with Gasteiger partial charge >= 0.3 is 7.60 Å². The smallest absolute Gasteiger partial charge is 0.328 e. The SMILES string of the molecule is CCC(C)C(C)C.CP1(=O)OC2CC(=O)CC(C2)O1.O. The van der Waals surface area contributed by atoms with Crippen LogP contribution in [0.5, 0.6) is 0 Å². The molecule has 0 aromatic heterocycles. The predicted molar refractivity (Wildman–Crippen MR) is 80.0 cm³/mol. The molecule has 1 heterocycles. The number of hydrogen-bond donors (Lipinski definition) is 0. The maximum Gasteiger partial charge on any atom is 0.328 e. The Balaban J connectivity index is 0.000000396. The van der Waals surface area contributed by atoms with Gasteiger partial charge in [-0.3, -0.25) is 9.36 Å². The molecular formula is C14H29O5P. The van der Waals surface area contributed by atoms with Gasteiger partial charge in [0, 0.05) is 25.9 Å². The Morgan fingerprint density at radius 1 is 1.20 bits per heavy atom. The van der Waals surface area contributed by atoms with E-state index >= 15 is 0 Å². The minimum atomic E-state index is -2.84. The first-order valence-corrected chi connectivity index (χ1v) is 9.18. The second-order valence-electron chi connectivity index (χ2n) is 6.04. The minimum absolute atomic E-state index is 0. The summed E-state index contributed by atoms with van der Waals surface area (Å²) < 4.78 is 21.7. The van der Waals surface area contributed by atoms with Crippen molar-refractivity contribution in [3.8, 4) is 0 Å². The Labute approximate surface area is 122 Å². The minimum Gasteiger partial charge on any atom is -0.412 e. The molecule has 2 N–H and O–H groups in total. The van der Waals surface area contributed by atoms with Crippen LogP contribution in [0, 0.1) is 11.8 Å². The van der Waals surface area contributed by atoms with E-state index in [2.05, 4.69) is 27.7 Å². The van der Waals surface area contributed by atoms with E-state index in [0.717, 1.165) is 11.8 Å². The first-order valence-electron chi connectivity index (χ1n) is 7.19. The fourth-order valence-corrected chi connectivity index (χ4v) is 3.70. The number of hydrogen-bond acceptors (Lipinski definition) is 4. The average Bonchev–Trinajstić information content (AvgIpc) is 2.24. The van der Waals surface area contributed by atoms with Gasteiger partial charge in [-0.1, -0.05) is 34.1 Å². The molecule has 1 aliphatic heterocycles. The molecule has 6 heteroatoms. The van der Waals surface area contributed by atoms with Crippen LogP contribution in [0.1, 0.15) is 53.4 Å². The van der Waals surface area contributed by atoms with Gasteiger partial charge in [0.2, 0.25) is 0 Å². The molecule has 0 aromatic carbocycles. The molecule has 0 spiro atoms. The van der Waals surface area contributed by atoms with Crippen LogP contribution < -0.4 is 0 Å². The van der Waals surface area contributed by atoms with Gasteiger partial charge in [-0.25, -0.2) is 0 Å². The Bertz CT molecular complexity index is 335. The molecule has 2 aliphatic rings. The maximum absolute atomic E-state index is 11.4. The molecule has 2 bridgehead atoms. The monoisotopic (exact) mass is 308 g/mol. The zero-order chi connectivity index (χ0) is 14.6. The molecule has 20 heavy (non-hydrogen) atoms. The summed E-state index contributed by atoms with van der Waals surface area (Å²) in [6, 6.07) is 0. The molecule has 1 saturated heterocycles. The normalized spacial score (nSPS) is 33.8. The number of carbonyl (C=O) groups excluding carboxylic acids is 1. The third-order valence-corrected chi connectivity index (χ3v) is 5.26. The van der Waals surface area contributed by atoms with E-state index in [1.165, 1.54) is 13.1 Å². The van der Waals surface area contributed by atoms with E-state index in [1.807, 2.05) is 0 Å². The number of rotatable bonds is 2. The van der Waals surface area contributed by atoms with Crippen LogP contribution in [-0.2, 0) is 18.4 Å². The molecule has 1 saturated carbocycles. The Morgan fingerprint density at radius 3 is 1.95 bits per heavy atom.